The molecule has 1 aromatic carbocycles. The number of benzene rings is 1. The number of halogens is 1. The summed E-state index contributed by atoms with van der Waals surface area (Å²) < 4.78 is 5.59. The van der Waals surface area contributed by atoms with Crippen LogP contribution in [0.1, 0.15) is 32.6 Å². The summed E-state index contributed by atoms with van der Waals surface area (Å²) >= 11 is 1.46. The summed E-state index contributed by atoms with van der Waals surface area (Å²) in [7, 11) is 0. The molecule has 7 heteroatoms. The highest BCUT2D eigenvalue weighted by molar-refractivity contribution is 7.14. The van der Waals surface area contributed by atoms with Crippen LogP contribution in [0, 0.1) is 5.92 Å². The van der Waals surface area contributed by atoms with Crippen molar-refractivity contribution in [3.8, 4) is 17.0 Å². The van der Waals surface area contributed by atoms with Gasteiger partial charge in [-0.05, 0) is 62.5 Å². The van der Waals surface area contributed by atoms with Gasteiger partial charge in [0.1, 0.15) is 5.75 Å². The van der Waals surface area contributed by atoms with Gasteiger partial charge in [0.15, 0.2) is 5.13 Å². The minimum absolute atomic E-state index is 0. The van der Waals surface area contributed by atoms with Crippen molar-refractivity contribution in [1.82, 2.24) is 10.3 Å². The molecular weight excluding hydrogens is 370 g/mol. The van der Waals surface area contributed by atoms with Crippen LogP contribution >= 0.6 is 23.7 Å². The molecule has 0 saturated carbocycles. The van der Waals surface area contributed by atoms with Gasteiger partial charge in [-0.2, -0.15) is 0 Å². The molecule has 0 bridgehead atoms. The van der Waals surface area contributed by atoms with E-state index >= 15 is 0 Å². The number of thiazole rings is 1. The molecule has 5 nitrogen and oxygen atoms in total. The van der Waals surface area contributed by atoms with Gasteiger partial charge in [0.2, 0.25) is 5.91 Å². The Labute approximate surface area is 165 Å². The molecule has 26 heavy (non-hydrogen) atoms. The summed E-state index contributed by atoms with van der Waals surface area (Å²) in [6.07, 6.45) is 3.67. The average molecular weight is 396 g/mol. The van der Waals surface area contributed by atoms with Crippen molar-refractivity contribution in [2.75, 3.05) is 25.0 Å². The molecule has 0 radical (unpaired) electrons. The first-order valence-electron chi connectivity index (χ1n) is 8.94. The number of carbonyl (C=O) groups is 1. The lowest BCUT2D eigenvalue weighted by Gasteiger charge is -2.07. The number of nitrogens with one attached hydrogen (secondary N) is 2. The molecular formula is C19H26ClN3O2S. The third kappa shape index (κ3) is 5.97. The molecule has 1 atom stereocenters. The van der Waals surface area contributed by atoms with Gasteiger partial charge in [-0.15, -0.1) is 23.7 Å². The van der Waals surface area contributed by atoms with E-state index in [-0.39, 0.29) is 18.3 Å². The summed E-state index contributed by atoms with van der Waals surface area (Å²) in [4.78, 5) is 16.6. The Morgan fingerprint density at radius 3 is 2.88 bits per heavy atom. The molecule has 1 saturated heterocycles. The van der Waals surface area contributed by atoms with E-state index in [1.54, 1.807) is 0 Å². The Morgan fingerprint density at radius 1 is 1.38 bits per heavy atom. The quantitative estimate of drug-likeness (QED) is 0.697. The number of nitrogens with zero attached hydrogens (tertiary/aromatic N) is 1. The van der Waals surface area contributed by atoms with Gasteiger partial charge < -0.3 is 15.4 Å². The summed E-state index contributed by atoms with van der Waals surface area (Å²) in [6.45, 7) is 4.92. The van der Waals surface area contributed by atoms with E-state index < -0.39 is 0 Å². The first-order chi connectivity index (χ1) is 12.2. The van der Waals surface area contributed by atoms with Crippen LogP contribution in [0.25, 0.3) is 11.3 Å². The zero-order chi connectivity index (χ0) is 17.5. The van der Waals surface area contributed by atoms with Crippen molar-refractivity contribution in [2.24, 2.45) is 5.92 Å². The lowest BCUT2D eigenvalue weighted by atomic mass is 10.0. The lowest BCUT2D eigenvalue weighted by Crippen LogP contribution is -2.14. The number of anilines is 1. The fourth-order valence-electron chi connectivity index (χ4n) is 2.88. The highest BCUT2D eigenvalue weighted by Gasteiger charge is 2.16. The third-order valence-corrected chi connectivity index (χ3v) is 5.07. The number of ether oxygens (including phenoxy) is 1. The maximum atomic E-state index is 12.1. The topological polar surface area (TPSA) is 63.2 Å². The van der Waals surface area contributed by atoms with Crippen LogP contribution in [0.4, 0.5) is 5.13 Å². The highest BCUT2D eigenvalue weighted by atomic mass is 35.5. The second-order valence-corrected chi connectivity index (χ2v) is 7.21. The van der Waals surface area contributed by atoms with Crippen LogP contribution in [0.5, 0.6) is 5.75 Å². The maximum Gasteiger partial charge on any atom is 0.226 e. The molecule has 1 aromatic heterocycles. The van der Waals surface area contributed by atoms with E-state index in [9.17, 15) is 4.79 Å². The fourth-order valence-corrected chi connectivity index (χ4v) is 3.62. The van der Waals surface area contributed by atoms with Gasteiger partial charge >= 0.3 is 0 Å². The zero-order valence-corrected chi connectivity index (χ0v) is 16.6. The maximum absolute atomic E-state index is 12.1. The zero-order valence-electron chi connectivity index (χ0n) is 15.0. The third-order valence-electron chi connectivity index (χ3n) is 4.32. The second-order valence-electron chi connectivity index (χ2n) is 6.36. The predicted molar refractivity (Wildman–Crippen MR) is 109 cm³/mol. The normalized spacial score (nSPS) is 16.1. The van der Waals surface area contributed by atoms with Gasteiger partial charge in [0, 0.05) is 17.4 Å². The summed E-state index contributed by atoms with van der Waals surface area (Å²) in [6, 6.07) is 7.91. The summed E-state index contributed by atoms with van der Waals surface area (Å²) in [5, 5.41) is 8.88. The van der Waals surface area contributed by atoms with Gasteiger partial charge in [-0.3, -0.25) is 4.79 Å². The first-order valence-corrected chi connectivity index (χ1v) is 9.82. The molecule has 0 spiro atoms. The van der Waals surface area contributed by atoms with E-state index in [0.717, 1.165) is 49.5 Å². The van der Waals surface area contributed by atoms with Gasteiger partial charge in [-0.1, -0.05) is 6.92 Å². The van der Waals surface area contributed by atoms with E-state index in [1.165, 1.54) is 17.8 Å². The standard InChI is InChI=1S/C19H25N3O2S.ClH/c1-2-11-24-16-6-4-15(5-7-16)17-13-25-19(21-17)22-18(23)8-3-14-9-10-20-12-14;/h4-7,13-14,20H,2-3,8-12H2,1H3,(H,21,22,23);1H. The Morgan fingerprint density at radius 2 is 2.19 bits per heavy atom. The number of aromatic nitrogens is 1. The smallest absolute Gasteiger partial charge is 0.226 e. The van der Waals surface area contributed by atoms with E-state index in [4.69, 9.17) is 4.74 Å². The van der Waals surface area contributed by atoms with Crippen LogP contribution in [0.3, 0.4) is 0 Å². The van der Waals surface area contributed by atoms with Gasteiger partial charge in [0.05, 0.1) is 12.3 Å². The Balaban J connectivity index is 0.00000243. The summed E-state index contributed by atoms with van der Waals surface area (Å²) in [5.74, 6) is 1.55. The van der Waals surface area contributed by atoms with Gasteiger partial charge in [-0.25, -0.2) is 4.98 Å². The van der Waals surface area contributed by atoms with Crippen molar-refractivity contribution in [3.63, 3.8) is 0 Å². The molecule has 3 rings (SSSR count). The van der Waals surface area contributed by atoms with Gasteiger partial charge in [0.25, 0.3) is 0 Å². The second kappa shape index (κ2) is 10.5. The minimum Gasteiger partial charge on any atom is -0.494 e. The fraction of sp³-hybridized carbons (Fsp3) is 0.474. The highest BCUT2D eigenvalue weighted by Crippen LogP contribution is 2.27. The molecule has 142 valence electrons. The molecule has 1 aliphatic heterocycles. The van der Waals surface area contributed by atoms with Crippen molar-refractivity contribution in [2.45, 2.75) is 32.6 Å². The van der Waals surface area contributed by atoms with E-state index in [2.05, 4.69) is 22.5 Å². The molecule has 2 aromatic rings. The Hall–Kier alpha value is -1.63. The largest absolute Gasteiger partial charge is 0.494 e. The molecule has 1 fully saturated rings. The molecule has 0 aliphatic carbocycles. The number of rotatable bonds is 8. The molecule has 2 heterocycles. The first kappa shape index (κ1) is 20.7. The van der Waals surface area contributed by atoms with Crippen LogP contribution in [-0.4, -0.2) is 30.6 Å². The van der Waals surface area contributed by atoms with Crippen molar-refractivity contribution < 1.29 is 9.53 Å². The van der Waals surface area contributed by atoms with Crippen LogP contribution < -0.4 is 15.4 Å². The number of carbonyl (C=O) groups excluding carboxylic acids is 1. The number of hydrogen-bond acceptors (Lipinski definition) is 5. The molecule has 1 unspecified atom stereocenters. The van der Waals surface area contributed by atoms with E-state index in [0.29, 0.717) is 17.5 Å². The van der Waals surface area contributed by atoms with E-state index in [1.807, 2.05) is 29.6 Å². The Kier molecular flexibility index (Phi) is 8.35. The van der Waals surface area contributed by atoms with Crippen LogP contribution in [0.15, 0.2) is 29.6 Å². The minimum atomic E-state index is 0. The summed E-state index contributed by atoms with van der Waals surface area (Å²) in [5.41, 5.74) is 1.90. The number of amides is 1. The van der Waals surface area contributed by atoms with Crippen molar-refractivity contribution in [1.29, 1.82) is 0 Å². The average Bonchev–Trinajstić information content (AvgIpc) is 3.30. The van der Waals surface area contributed by atoms with Crippen molar-refractivity contribution in [3.05, 3.63) is 29.6 Å². The Bertz CT molecular complexity index is 684. The number of hydrogen-bond donors (Lipinski definition) is 2. The molecule has 1 aliphatic rings. The van der Waals surface area contributed by atoms with Crippen LogP contribution in [0.2, 0.25) is 0 Å². The monoisotopic (exact) mass is 395 g/mol. The SMILES string of the molecule is CCCOc1ccc(-c2csc(NC(=O)CCC3CCNC3)n2)cc1.Cl. The molecule has 2 N–H and O–H groups in total. The molecule has 1 amide bonds. The lowest BCUT2D eigenvalue weighted by molar-refractivity contribution is -0.116. The van der Waals surface area contributed by atoms with Crippen LogP contribution in [-0.2, 0) is 4.79 Å². The predicted octanol–water partition coefficient (Wildman–Crippen LogP) is 4.35. The van der Waals surface area contributed by atoms with Crippen molar-refractivity contribution >= 4 is 34.8 Å².